The van der Waals surface area contributed by atoms with Crippen LogP contribution in [0.1, 0.15) is 24.1 Å². The van der Waals surface area contributed by atoms with Gasteiger partial charge in [0.25, 0.3) is 0 Å². The number of hydrogen-bond acceptors (Lipinski definition) is 4. The topological polar surface area (TPSA) is 41.6 Å². The molecule has 0 aliphatic heterocycles. The molecule has 6 heteroatoms. The molecule has 1 N–H and O–H groups in total. The monoisotopic (exact) mass is 364 g/mol. The molecule has 0 bridgehead atoms. The summed E-state index contributed by atoms with van der Waals surface area (Å²) in [6, 6.07) is 9.95. The van der Waals surface area contributed by atoms with Gasteiger partial charge in [-0.1, -0.05) is 17.7 Å². The third-order valence-corrected chi connectivity index (χ3v) is 5.13. The summed E-state index contributed by atoms with van der Waals surface area (Å²) in [6.07, 6.45) is 2.69. The molecule has 0 saturated heterocycles. The Bertz CT molecular complexity index is 686. The summed E-state index contributed by atoms with van der Waals surface area (Å²) in [4.78, 5) is 15.8. The van der Waals surface area contributed by atoms with Crippen molar-refractivity contribution in [2.24, 2.45) is 0 Å². The zero-order valence-corrected chi connectivity index (χ0v) is 15.2. The molecule has 1 saturated carbocycles. The van der Waals surface area contributed by atoms with Gasteiger partial charge in [-0.05, 0) is 42.5 Å². The van der Waals surface area contributed by atoms with E-state index in [0.29, 0.717) is 24.0 Å². The Morgan fingerprint density at radius 2 is 2.25 bits per heavy atom. The number of hydrogen-bond donors (Lipinski definition) is 1. The Balaban J connectivity index is 1.55. The van der Waals surface area contributed by atoms with Crippen molar-refractivity contribution in [2.45, 2.75) is 31.8 Å². The number of carbonyl (C=O) groups excluding carboxylic acids is 1. The molecule has 2 aromatic rings. The highest BCUT2D eigenvalue weighted by Crippen LogP contribution is 2.30. The Morgan fingerprint density at radius 1 is 1.42 bits per heavy atom. The zero-order chi connectivity index (χ0) is 16.9. The highest BCUT2D eigenvalue weighted by molar-refractivity contribution is 7.09. The maximum Gasteiger partial charge on any atom is 0.224 e. The fourth-order valence-corrected chi connectivity index (χ4v) is 3.52. The van der Waals surface area contributed by atoms with Crippen LogP contribution in [0, 0.1) is 0 Å². The second-order valence-corrected chi connectivity index (χ2v) is 7.32. The third kappa shape index (κ3) is 4.42. The molecule has 1 aromatic carbocycles. The Hall–Kier alpha value is -1.72. The molecule has 1 fully saturated rings. The fraction of sp³-hybridized carbons (Fsp3) is 0.389. The summed E-state index contributed by atoms with van der Waals surface area (Å²) in [5, 5.41) is 5.95. The lowest BCUT2D eigenvalue weighted by Gasteiger charge is -2.22. The van der Waals surface area contributed by atoms with E-state index in [0.717, 1.165) is 30.8 Å². The first-order valence-corrected chi connectivity index (χ1v) is 9.32. The number of methoxy groups -OCH3 is 1. The number of halogens is 1. The van der Waals surface area contributed by atoms with Crippen LogP contribution in [0.5, 0.6) is 5.75 Å². The average molecular weight is 365 g/mol. The van der Waals surface area contributed by atoms with Crippen molar-refractivity contribution < 1.29 is 9.53 Å². The van der Waals surface area contributed by atoms with Crippen LogP contribution in [0.4, 0.5) is 5.69 Å². The van der Waals surface area contributed by atoms with Gasteiger partial charge in [0.1, 0.15) is 5.75 Å². The van der Waals surface area contributed by atoms with E-state index in [9.17, 15) is 4.79 Å². The standard InChI is InChI=1S/C18H21ClN2O2S/c1-23-17-7-4-13(19)11-16(17)20-9-8-18(22)21(14-5-6-14)12-15-3-2-10-24-15/h2-4,7,10-11,14,20H,5-6,8-9,12H2,1H3. The highest BCUT2D eigenvalue weighted by atomic mass is 35.5. The molecule has 3 rings (SSSR count). The highest BCUT2D eigenvalue weighted by Gasteiger charge is 2.32. The Labute approximate surface area is 151 Å². The van der Waals surface area contributed by atoms with Gasteiger partial charge in [-0.15, -0.1) is 11.3 Å². The van der Waals surface area contributed by atoms with Crippen LogP contribution in [0.25, 0.3) is 0 Å². The van der Waals surface area contributed by atoms with Gasteiger partial charge in [0, 0.05) is 28.9 Å². The van der Waals surface area contributed by atoms with Gasteiger partial charge in [0.15, 0.2) is 0 Å². The van der Waals surface area contributed by atoms with Crippen molar-refractivity contribution in [1.29, 1.82) is 0 Å². The van der Waals surface area contributed by atoms with Crippen molar-refractivity contribution in [1.82, 2.24) is 4.90 Å². The smallest absolute Gasteiger partial charge is 0.224 e. The molecule has 24 heavy (non-hydrogen) atoms. The number of rotatable bonds is 8. The van der Waals surface area contributed by atoms with E-state index in [1.807, 2.05) is 23.1 Å². The van der Waals surface area contributed by atoms with Gasteiger partial charge in [0.05, 0.1) is 19.3 Å². The first kappa shape index (κ1) is 17.1. The molecule has 128 valence electrons. The van der Waals surface area contributed by atoms with E-state index in [1.54, 1.807) is 24.5 Å². The van der Waals surface area contributed by atoms with E-state index in [4.69, 9.17) is 16.3 Å². The molecule has 0 atom stereocenters. The van der Waals surface area contributed by atoms with Gasteiger partial charge < -0.3 is 15.0 Å². The van der Waals surface area contributed by atoms with Gasteiger partial charge in [-0.3, -0.25) is 4.79 Å². The van der Waals surface area contributed by atoms with E-state index in [2.05, 4.69) is 16.8 Å². The second-order valence-electron chi connectivity index (χ2n) is 5.85. The molecular weight excluding hydrogens is 344 g/mol. The lowest BCUT2D eigenvalue weighted by atomic mass is 10.2. The van der Waals surface area contributed by atoms with Gasteiger partial charge in [-0.2, -0.15) is 0 Å². The van der Waals surface area contributed by atoms with Crippen LogP contribution in [0.15, 0.2) is 35.7 Å². The number of thiophene rings is 1. The third-order valence-electron chi connectivity index (χ3n) is 4.03. The van der Waals surface area contributed by atoms with E-state index in [-0.39, 0.29) is 5.91 Å². The minimum Gasteiger partial charge on any atom is -0.495 e. The minimum absolute atomic E-state index is 0.194. The lowest BCUT2D eigenvalue weighted by molar-refractivity contribution is -0.132. The van der Waals surface area contributed by atoms with Crippen molar-refractivity contribution >= 4 is 34.5 Å². The van der Waals surface area contributed by atoms with Crippen LogP contribution in [0.2, 0.25) is 5.02 Å². The molecular formula is C18H21ClN2O2S. The van der Waals surface area contributed by atoms with E-state index < -0.39 is 0 Å². The Morgan fingerprint density at radius 3 is 2.92 bits per heavy atom. The van der Waals surface area contributed by atoms with Crippen LogP contribution in [0.3, 0.4) is 0 Å². The summed E-state index contributed by atoms with van der Waals surface area (Å²) in [5.41, 5.74) is 0.814. The molecule has 1 aromatic heterocycles. The minimum atomic E-state index is 0.194. The van der Waals surface area contributed by atoms with E-state index >= 15 is 0 Å². The Kier molecular flexibility index (Phi) is 5.63. The molecule has 0 spiro atoms. The van der Waals surface area contributed by atoms with Gasteiger partial charge >= 0.3 is 0 Å². The summed E-state index contributed by atoms with van der Waals surface area (Å²) >= 11 is 7.73. The largest absolute Gasteiger partial charge is 0.495 e. The van der Waals surface area contributed by atoms with Crippen LogP contribution < -0.4 is 10.1 Å². The normalized spacial score (nSPS) is 13.6. The number of benzene rings is 1. The molecule has 0 unspecified atom stereocenters. The van der Waals surface area contributed by atoms with Crippen molar-refractivity contribution in [3.8, 4) is 5.75 Å². The number of amides is 1. The SMILES string of the molecule is COc1ccc(Cl)cc1NCCC(=O)N(Cc1cccs1)C1CC1. The first-order valence-electron chi connectivity index (χ1n) is 8.06. The van der Waals surface area contributed by atoms with Crippen LogP contribution in [-0.2, 0) is 11.3 Å². The van der Waals surface area contributed by atoms with Gasteiger partial charge in [-0.25, -0.2) is 0 Å². The number of anilines is 1. The van der Waals surface area contributed by atoms with Crippen molar-refractivity contribution in [3.63, 3.8) is 0 Å². The number of ether oxygens (including phenoxy) is 1. The molecule has 4 nitrogen and oxygen atoms in total. The number of carbonyl (C=O) groups is 1. The maximum absolute atomic E-state index is 12.6. The maximum atomic E-state index is 12.6. The number of nitrogens with one attached hydrogen (secondary N) is 1. The molecule has 1 heterocycles. The summed E-state index contributed by atoms with van der Waals surface area (Å²) in [7, 11) is 1.62. The summed E-state index contributed by atoms with van der Waals surface area (Å²) < 4.78 is 5.31. The molecule has 1 amide bonds. The van der Waals surface area contributed by atoms with Crippen LogP contribution in [-0.4, -0.2) is 30.5 Å². The quantitative estimate of drug-likeness (QED) is 0.754. The van der Waals surface area contributed by atoms with Gasteiger partial charge in [0.2, 0.25) is 5.91 Å². The predicted octanol–water partition coefficient (Wildman–Crippen LogP) is 4.40. The summed E-state index contributed by atoms with van der Waals surface area (Å²) in [5.74, 6) is 0.920. The van der Waals surface area contributed by atoms with Crippen LogP contribution >= 0.6 is 22.9 Å². The predicted molar refractivity (Wildman–Crippen MR) is 99.0 cm³/mol. The first-order chi connectivity index (χ1) is 11.7. The second kappa shape index (κ2) is 7.90. The number of nitrogens with zero attached hydrogens (tertiary/aromatic N) is 1. The zero-order valence-electron chi connectivity index (χ0n) is 13.6. The molecule has 1 aliphatic rings. The fourth-order valence-electron chi connectivity index (χ4n) is 2.64. The van der Waals surface area contributed by atoms with E-state index in [1.165, 1.54) is 4.88 Å². The van der Waals surface area contributed by atoms with Crippen molar-refractivity contribution in [3.05, 3.63) is 45.6 Å². The summed E-state index contributed by atoms with van der Waals surface area (Å²) in [6.45, 7) is 1.28. The lowest BCUT2D eigenvalue weighted by Crippen LogP contribution is -2.33. The van der Waals surface area contributed by atoms with Crippen molar-refractivity contribution in [2.75, 3.05) is 19.0 Å². The molecule has 1 aliphatic carbocycles. The molecule has 0 radical (unpaired) electrons. The average Bonchev–Trinajstić information content (AvgIpc) is 3.28.